The fraction of sp³-hybridized carbons (Fsp3) is 0.314. The minimum Gasteiger partial charge on any atom is -0.478 e. The third kappa shape index (κ3) is 11.6. The SMILES string of the molecule is O=C(O)c1ccc2c(C3CCCCC3)c(-c3ccc4nc(-c5ccccc5F)cnc4c3)n(CC(=O)N3CCOCC3)c2c1.O=C(O)c1ccc2c(C3CCCCC3)c(-c3ccc4ncc(-c5ccccc5F)nc4c3)n(CC(=O)N3CCOCC3)c2c1. The van der Waals surface area contributed by atoms with Gasteiger partial charge in [-0.2, -0.15) is 0 Å². The zero-order chi connectivity index (χ0) is 60.4. The molecule has 0 spiro atoms. The van der Waals surface area contributed by atoms with Gasteiger partial charge < -0.3 is 38.6 Å². The maximum absolute atomic E-state index is 14.7. The molecule has 4 aromatic heterocycles. The summed E-state index contributed by atoms with van der Waals surface area (Å²) >= 11 is 0. The van der Waals surface area contributed by atoms with Crippen molar-refractivity contribution < 1.29 is 47.6 Å². The van der Waals surface area contributed by atoms with E-state index < -0.39 is 11.9 Å². The number of carboxylic acids is 2. The molecule has 0 radical (unpaired) electrons. The van der Waals surface area contributed by atoms with Crippen molar-refractivity contribution in [2.24, 2.45) is 0 Å². The quantitative estimate of drug-likeness (QED) is 0.118. The number of rotatable bonds is 12. The van der Waals surface area contributed by atoms with Crippen LogP contribution in [0.5, 0.6) is 0 Å². The molecule has 0 unspecified atom stereocenters. The Kier molecular flexibility index (Phi) is 16.6. The lowest BCUT2D eigenvalue weighted by molar-refractivity contribution is -0.136. The molecule has 2 aliphatic carbocycles. The number of fused-ring (bicyclic) bond motifs is 4. The molecule has 2 N–H and O–H groups in total. The van der Waals surface area contributed by atoms with E-state index in [0.29, 0.717) is 97.2 Å². The summed E-state index contributed by atoms with van der Waals surface area (Å²) in [5.74, 6) is -2.27. The number of hydrogen-bond acceptors (Lipinski definition) is 10. The number of hydrogen-bond donors (Lipinski definition) is 2. The van der Waals surface area contributed by atoms with E-state index in [2.05, 4.69) is 9.97 Å². The first-order valence-corrected chi connectivity index (χ1v) is 30.5. The first-order chi connectivity index (χ1) is 42.9. The van der Waals surface area contributed by atoms with Crippen molar-refractivity contribution in [1.29, 1.82) is 0 Å². The number of ether oxygens (including phenoxy) is 2. The maximum atomic E-state index is 14.7. The summed E-state index contributed by atoms with van der Waals surface area (Å²) in [5.41, 5.74) is 11.9. The molecule has 18 heteroatoms. The lowest BCUT2D eigenvalue weighted by atomic mass is 9.81. The van der Waals surface area contributed by atoms with Crippen LogP contribution >= 0.6 is 0 Å². The van der Waals surface area contributed by atoms with Crippen LogP contribution in [-0.4, -0.2) is 125 Å². The number of benzene rings is 6. The van der Waals surface area contributed by atoms with Crippen LogP contribution < -0.4 is 0 Å². The molecule has 6 heterocycles. The van der Waals surface area contributed by atoms with Crippen LogP contribution in [0.25, 0.3) is 88.9 Å². The van der Waals surface area contributed by atoms with E-state index >= 15 is 0 Å². The fourth-order valence-corrected chi connectivity index (χ4v) is 13.6. The number of nitrogens with zero attached hydrogens (tertiary/aromatic N) is 8. The Morgan fingerprint density at radius 1 is 0.477 bits per heavy atom. The smallest absolute Gasteiger partial charge is 0.335 e. The molecule has 16 nitrogen and oxygen atoms in total. The third-order valence-corrected chi connectivity index (χ3v) is 18.0. The molecule has 88 heavy (non-hydrogen) atoms. The summed E-state index contributed by atoms with van der Waals surface area (Å²) in [6.07, 6.45) is 14.1. The summed E-state index contributed by atoms with van der Waals surface area (Å²) in [6.45, 7) is 4.24. The van der Waals surface area contributed by atoms with Crippen molar-refractivity contribution in [3.63, 3.8) is 0 Å². The first-order valence-electron chi connectivity index (χ1n) is 30.5. The normalized spacial score (nSPS) is 16.1. The predicted octanol–water partition coefficient (Wildman–Crippen LogP) is 13.3. The van der Waals surface area contributed by atoms with Crippen LogP contribution in [0, 0.1) is 11.6 Å². The van der Waals surface area contributed by atoms with E-state index in [1.807, 2.05) is 67.5 Å². The van der Waals surface area contributed by atoms with Gasteiger partial charge in [-0.15, -0.1) is 0 Å². The Morgan fingerprint density at radius 3 is 1.35 bits per heavy atom. The largest absolute Gasteiger partial charge is 0.478 e. The van der Waals surface area contributed by atoms with Gasteiger partial charge in [0.25, 0.3) is 0 Å². The number of halogens is 2. The highest BCUT2D eigenvalue weighted by Gasteiger charge is 2.32. The third-order valence-electron chi connectivity index (χ3n) is 18.0. The van der Waals surface area contributed by atoms with Crippen molar-refractivity contribution in [2.45, 2.75) is 89.1 Å². The zero-order valence-electron chi connectivity index (χ0n) is 48.7. The van der Waals surface area contributed by atoms with Crippen LogP contribution in [0.1, 0.15) is 108 Å². The Balaban J connectivity index is 0.000000162. The van der Waals surface area contributed by atoms with Gasteiger partial charge in [0, 0.05) is 59.2 Å². The summed E-state index contributed by atoms with van der Waals surface area (Å²) in [6, 6.07) is 35.2. The topological polar surface area (TPSA) is 195 Å². The van der Waals surface area contributed by atoms with Gasteiger partial charge in [0.2, 0.25) is 11.8 Å². The average Bonchev–Trinajstić information content (AvgIpc) is 2.05. The van der Waals surface area contributed by atoms with E-state index in [1.54, 1.807) is 73.1 Å². The molecule has 2 amide bonds. The molecule has 14 rings (SSSR count). The molecular weight excluding hydrogens is 1120 g/mol. The summed E-state index contributed by atoms with van der Waals surface area (Å²) in [7, 11) is 0. The van der Waals surface area contributed by atoms with Gasteiger partial charge in [-0.1, -0.05) is 87.1 Å². The van der Waals surface area contributed by atoms with Gasteiger partial charge in [0.1, 0.15) is 24.7 Å². The second-order valence-electron chi connectivity index (χ2n) is 23.3. The van der Waals surface area contributed by atoms with Crippen LogP contribution in [0.15, 0.2) is 134 Å². The number of aromatic carboxylic acids is 2. The zero-order valence-corrected chi connectivity index (χ0v) is 48.7. The van der Waals surface area contributed by atoms with E-state index in [0.717, 1.165) is 107 Å². The van der Waals surface area contributed by atoms with E-state index in [-0.39, 0.29) is 59.5 Å². The van der Waals surface area contributed by atoms with Gasteiger partial charge in [-0.3, -0.25) is 19.6 Å². The maximum Gasteiger partial charge on any atom is 0.335 e. The molecule has 0 atom stereocenters. The van der Waals surface area contributed by atoms with Crippen LogP contribution in [0.4, 0.5) is 8.78 Å². The lowest BCUT2D eigenvalue weighted by Gasteiger charge is -2.28. The number of aromatic nitrogens is 6. The minimum absolute atomic E-state index is 0.0301. The number of morpholine rings is 2. The highest BCUT2D eigenvalue weighted by molar-refractivity contribution is 6.01. The number of amides is 2. The highest BCUT2D eigenvalue weighted by atomic mass is 19.1. The molecule has 0 bridgehead atoms. The Morgan fingerprint density at radius 2 is 0.898 bits per heavy atom. The second kappa shape index (κ2) is 25.2. The van der Waals surface area contributed by atoms with Crippen LogP contribution in [0.3, 0.4) is 0 Å². The predicted molar refractivity (Wildman–Crippen MR) is 332 cm³/mol. The van der Waals surface area contributed by atoms with Crippen LogP contribution in [-0.2, 0) is 32.2 Å². The molecule has 10 aromatic rings. The Bertz CT molecular complexity index is 4330. The van der Waals surface area contributed by atoms with Gasteiger partial charge in [-0.05, 0) is 121 Å². The second-order valence-corrected chi connectivity index (χ2v) is 23.3. The summed E-state index contributed by atoms with van der Waals surface area (Å²) in [5, 5.41) is 21.7. The Labute approximate surface area is 506 Å². The molecule has 448 valence electrons. The van der Waals surface area contributed by atoms with Crippen molar-refractivity contribution in [3.05, 3.63) is 168 Å². The molecule has 2 aliphatic heterocycles. The van der Waals surface area contributed by atoms with Crippen molar-refractivity contribution in [1.82, 2.24) is 38.9 Å². The number of carbonyl (C=O) groups excluding carboxylic acids is 2. The number of carboxylic acid groups (broad SMARTS) is 2. The monoisotopic (exact) mass is 1180 g/mol. The minimum atomic E-state index is -1.01. The molecule has 2 saturated carbocycles. The fourth-order valence-electron chi connectivity index (χ4n) is 13.6. The Hall–Kier alpha value is -9.26. The molecular formula is C70H66F2N8O8. The van der Waals surface area contributed by atoms with Crippen molar-refractivity contribution in [3.8, 4) is 45.0 Å². The van der Waals surface area contributed by atoms with Gasteiger partial charge >= 0.3 is 11.9 Å². The van der Waals surface area contributed by atoms with Crippen molar-refractivity contribution >= 4 is 67.6 Å². The van der Waals surface area contributed by atoms with Gasteiger partial charge in [0.05, 0.1) is 106 Å². The number of carbonyl (C=O) groups is 4. The summed E-state index contributed by atoms with van der Waals surface area (Å²) < 4.78 is 44.1. The first kappa shape index (κ1) is 57.8. The van der Waals surface area contributed by atoms with E-state index in [9.17, 15) is 38.2 Å². The van der Waals surface area contributed by atoms with Crippen LogP contribution in [0.2, 0.25) is 0 Å². The van der Waals surface area contributed by atoms with Gasteiger partial charge in [0.15, 0.2) is 0 Å². The van der Waals surface area contributed by atoms with Crippen molar-refractivity contribution in [2.75, 3.05) is 52.6 Å². The highest BCUT2D eigenvalue weighted by Crippen LogP contribution is 2.47. The summed E-state index contributed by atoms with van der Waals surface area (Å²) in [4.78, 5) is 73.9. The van der Waals surface area contributed by atoms with E-state index in [1.165, 1.54) is 25.0 Å². The molecule has 6 aromatic carbocycles. The molecule has 2 saturated heterocycles. The average molecular weight is 1190 g/mol. The standard InChI is InChI=1S/2C35H33FN4O4/c36-27-9-5-4-8-25(27)30-20-37-29-18-23(11-13-28(29)38-30)34-33(22-6-2-1-3-7-22)26-12-10-24(35(42)43)19-31(26)40(34)21-32(41)39-14-16-44-17-15-39;36-27-9-5-4-8-25(27)30-20-37-28-13-11-23(18-29(28)38-30)34-33(22-6-2-1-3-7-22)26-12-10-24(35(42)43)19-31(26)40(34)21-32(41)39-14-16-44-17-15-39/h2*4-5,8-13,18-20,22H,1-3,6-7,14-17,21H2,(H,42,43). The van der Waals surface area contributed by atoms with Gasteiger partial charge in [-0.25, -0.2) is 28.3 Å². The van der Waals surface area contributed by atoms with E-state index in [4.69, 9.17) is 19.4 Å². The molecule has 4 aliphatic rings. The molecule has 4 fully saturated rings. The lowest BCUT2D eigenvalue weighted by Crippen LogP contribution is -2.42.